The van der Waals surface area contributed by atoms with E-state index in [2.05, 4.69) is 4.98 Å². The number of benzene rings is 1. The highest BCUT2D eigenvalue weighted by atomic mass is 32.2. The van der Waals surface area contributed by atoms with Crippen molar-refractivity contribution in [2.24, 2.45) is 5.92 Å². The summed E-state index contributed by atoms with van der Waals surface area (Å²) in [6.07, 6.45) is 0.202. The third-order valence-electron chi connectivity index (χ3n) is 3.93. The van der Waals surface area contributed by atoms with Gasteiger partial charge in [-0.3, -0.25) is 0 Å². The number of hydrogen-bond donors (Lipinski definition) is 0. The summed E-state index contributed by atoms with van der Waals surface area (Å²) in [5.41, 5.74) is 0.394. The average molecular weight is 366 g/mol. The van der Waals surface area contributed by atoms with Crippen LogP contribution < -0.4 is 0 Å². The highest BCUT2D eigenvalue weighted by Gasteiger charge is 2.34. The average Bonchev–Trinajstić information content (AvgIpc) is 3.11. The van der Waals surface area contributed by atoms with E-state index in [1.807, 2.05) is 0 Å². The van der Waals surface area contributed by atoms with Crippen molar-refractivity contribution < 1.29 is 22.4 Å². The molecule has 0 radical (unpaired) electrons. The number of rotatable bonds is 3. The summed E-state index contributed by atoms with van der Waals surface area (Å²) < 4.78 is 35.9. The lowest BCUT2D eigenvalue weighted by molar-refractivity contribution is 0.0289. The number of amides is 1. The molecule has 8 heteroatoms. The standard InChI is InChI=1S/C17H22N2O5S/c1-17(2,3)24-16(20)19-9-8-12(10-19)11-25(21,22)15-18-13-6-4-5-7-14(13)23-15/h4-7,12H,8-11H2,1-3H3/t12-/m0/s1. The van der Waals surface area contributed by atoms with Crippen molar-refractivity contribution in [3.8, 4) is 0 Å². The predicted molar refractivity (Wildman–Crippen MR) is 92.0 cm³/mol. The van der Waals surface area contributed by atoms with Crippen molar-refractivity contribution in [1.29, 1.82) is 0 Å². The van der Waals surface area contributed by atoms with Gasteiger partial charge in [0.15, 0.2) is 5.58 Å². The van der Waals surface area contributed by atoms with Crippen molar-refractivity contribution in [1.82, 2.24) is 9.88 Å². The Morgan fingerprint density at radius 3 is 2.76 bits per heavy atom. The molecular weight excluding hydrogens is 344 g/mol. The van der Waals surface area contributed by atoms with Crippen LogP contribution in [0.2, 0.25) is 0 Å². The first-order valence-electron chi connectivity index (χ1n) is 8.20. The number of sulfone groups is 1. The molecule has 3 rings (SSSR count). The minimum absolute atomic E-state index is 0.0981. The van der Waals surface area contributed by atoms with E-state index in [4.69, 9.17) is 9.15 Å². The molecule has 2 aromatic rings. The second-order valence-electron chi connectivity index (χ2n) is 7.31. The molecule has 0 spiro atoms. The molecule has 25 heavy (non-hydrogen) atoms. The van der Waals surface area contributed by atoms with Gasteiger partial charge in [0, 0.05) is 13.1 Å². The minimum atomic E-state index is -3.65. The Bertz CT molecular complexity index is 849. The minimum Gasteiger partial charge on any atom is -0.444 e. The summed E-state index contributed by atoms with van der Waals surface area (Å²) in [5.74, 6) is -0.258. The third-order valence-corrected chi connectivity index (χ3v) is 5.55. The lowest BCUT2D eigenvalue weighted by atomic mass is 10.2. The molecule has 2 heterocycles. The Balaban J connectivity index is 1.67. The molecule has 0 N–H and O–H groups in total. The van der Waals surface area contributed by atoms with Gasteiger partial charge >= 0.3 is 11.3 Å². The van der Waals surface area contributed by atoms with Crippen molar-refractivity contribution in [2.75, 3.05) is 18.8 Å². The van der Waals surface area contributed by atoms with E-state index < -0.39 is 21.5 Å². The predicted octanol–water partition coefficient (Wildman–Crippen LogP) is 2.86. The summed E-state index contributed by atoms with van der Waals surface area (Å²) in [7, 11) is -3.65. The van der Waals surface area contributed by atoms with E-state index in [0.29, 0.717) is 30.6 Å². The van der Waals surface area contributed by atoms with Crippen molar-refractivity contribution in [3.63, 3.8) is 0 Å². The number of oxazole rings is 1. The van der Waals surface area contributed by atoms with Crippen LogP contribution in [0.5, 0.6) is 0 Å². The molecule has 0 bridgehead atoms. The zero-order valence-corrected chi connectivity index (χ0v) is 15.4. The SMILES string of the molecule is CC(C)(C)OC(=O)N1CC[C@H](CS(=O)(=O)c2nc3ccccc3o2)C1. The number of carbonyl (C=O) groups excluding carboxylic acids is 1. The van der Waals surface area contributed by atoms with Gasteiger partial charge < -0.3 is 14.1 Å². The van der Waals surface area contributed by atoms with Crippen LogP contribution in [0.4, 0.5) is 4.79 Å². The number of likely N-dealkylation sites (tertiary alicyclic amines) is 1. The van der Waals surface area contributed by atoms with Crippen LogP contribution in [-0.4, -0.2) is 48.8 Å². The quantitative estimate of drug-likeness (QED) is 0.830. The molecule has 7 nitrogen and oxygen atoms in total. The Labute approximate surface area is 146 Å². The number of hydrogen-bond acceptors (Lipinski definition) is 6. The lowest BCUT2D eigenvalue weighted by Crippen LogP contribution is -2.35. The molecule has 1 atom stereocenters. The zero-order valence-electron chi connectivity index (χ0n) is 14.6. The molecule has 1 saturated heterocycles. The molecule has 0 saturated carbocycles. The molecular formula is C17H22N2O5S. The van der Waals surface area contributed by atoms with Gasteiger partial charge in [-0.25, -0.2) is 13.2 Å². The van der Waals surface area contributed by atoms with Crippen molar-refractivity contribution in [3.05, 3.63) is 24.3 Å². The van der Waals surface area contributed by atoms with Crippen LogP contribution >= 0.6 is 0 Å². The van der Waals surface area contributed by atoms with Gasteiger partial charge in [0.1, 0.15) is 11.1 Å². The van der Waals surface area contributed by atoms with E-state index in [-0.39, 0.29) is 16.9 Å². The fourth-order valence-electron chi connectivity index (χ4n) is 2.83. The molecule has 0 aliphatic carbocycles. The maximum absolute atomic E-state index is 12.6. The first kappa shape index (κ1) is 17.7. The normalized spacial score (nSPS) is 18.7. The van der Waals surface area contributed by atoms with Gasteiger partial charge in [-0.15, -0.1) is 0 Å². The topological polar surface area (TPSA) is 89.7 Å². The Morgan fingerprint density at radius 2 is 2.08 bits per heavy atom. The fraction of sp³-hybridized carbons (Fsp3) is 0.529. The van der Waals surface area contributed by atoms with Crippen LogP contribution in [0.15, 0.2) is 33.9 Å². The van der Waals surface area contributed by atoms with E-state index in [0.717, 1.165) is 0 Å². The molecule has 0 unspecified atom stereocenters. The number of fused-ring (bicyclic) bond motifs is 1. The van der Waals surface area contributed by atoms with Crippen LogP contribution in [0.3, 0.4) is 0 Å². The number of aromatic nitrogens is 1. The van der Waals surface area contributed by atoms with Gasteiger partial charge in [-0.2, -0.15) is 4.98 Å². The highest BCUT2D eigenvalue weighted by Crippen LogP contribution is 2.25. The largest absolute Gasteiger partial charge is 0.444 e. The van der Waals surface area contributed by atoms with Crippen LogP contribution in [0, 0.1) is 5.92 Å². The van der Waals surface area contributed by atoms with Crippen LogP contribution in [0.1, 0.15) is 27.2 Å². The Kier molecular flexibility index (Phi) is 4.49. The summed E-state index contributed by atoms with van der Waals surface area (Å²) in [6, 6.07) is 6.93. The summed E-state index contributed by atoms with van der Waals surface area (Å²) in [5, 5.41) is -0.260. The molecule has 1 aromatic carbocycles. The molecule has 1 aliphatic rings. The van der Waals surface area contributed by atoms with E-state index in [1.54, 1.807) is 49.9 Å². The summed E-state index contributed by atoms with van der Waals surface area (Å²) >= 11 is 0. The maximum atomic E-state index is 12.6. The van der Waals surface area contributed by atoms with Gasteiger partial charge in [0.05, 0.1) is 5.75 Å². The van der Waals surface area contributed by atoms with Crippen LogP contribution in [-0.2, 0) is 14.6 Å². The van der Waals surface area contributed by atoms with Crippen molar-refractivity contribution in [2.45, 2.75) is 38.0 Å². The van der Waals surface area contributed by atoms with Gasteiger partial charge in [0.25, 0.3) is 0 Å². The van der Waals surface area contributed by atoms with Gasteiger partial charge in [0.2, 0.25) is 9.84 Å². The van der Waals surface area contributed by atoms with Gasteiger partial charge in [-0.05, 0) is 45.2 Å². The molecule has 136 valence electrons. The highest BCUT2D eigenvalue weighted by molar-refractivity contribution is 7.91. The lowest BCUT2D eigenvalue weighted by Gasteiger charge is -2.24. The molecule has 1 amide bonds. The maximum Gasteiger partial charge on any atom is 0.410 e. The second-order valence-corrected chi connectivity index (χ2v) is 9.22. The summed E-state index contributed by atoms with van der Waals surface area (Å²) in [4.78, 5) is 17.7. The first-order chi connectivity index (χ1) is 11.6. The van der Waals surface area contributed by atoms with E-state index in [1.165, 1.54) is 0 Å². The molecule has 1 fully saturated rings. The Morgan fingerprint density at radius 1 is 1.36 bits per heavy atom. The van der Waals surface area contributed by atoms with E-state index in [9.17, 15) is 13.2 Å². The van der Waals surface area contributed by atoms with E-state index >= 15 is 0 Å². The third kappa shape index (κ3) is 4.12. The monoisotopic (exact) mass is 366 g/mol. The second kappa shape index (κ2) is 6.33. The van der Waals surface area contributed by atoms with Crippen LogP contribution in [0.25, 0.3) is 11.1 Å². The molecule has 1 aromatic heterocycles. The fourth-order valence-corrected chi connectivity index (χ4v) is 4.32. The smallest absolute Gasteiger partial charge is 0.410 e. The summed E-state index contributed by atoms with van der Waals surface area (Å²) in [6.45, 7) is 6.25. The molecule has 1 aliphatic heterocycles. The number of ether oxygens (including phenoxy) is 1. The number of nitrogens with zero attached hydrogens (tertiary/aromatic N) is 2. The first-order valence-corrected chi connectivity index (χ1v) is 9.85. The number of para-hydroxylation sites is 2. The van der Waals surface area contributed by atoms with Crippen molar-refractivity contribution >= 4 is 27.0 Å². The Hall–Kier alpha value is -2.09. The zero-order chi connectivity index (χ0) is 18.2. The van der Waals surface area contributed by atoms with Gasteiger partial charge in [-0.1, -0.05) is 12.1 Å². The number of carbonyl (C=O) groups is 1.